The number of rotatable bonds is 5. The molecule has 1 aromatic carbocycles. The van der Waals surface area contributed by atoms with Crippen LogP contribution in [0.1, 0.15) is 30.0 Å². The Morgan fingerprint density at radius 1 is 1.23 bits per heavy atom. The van der Waals surface area contributed by atoms with Crippen LogP contribution in [-0.4, -0.2) is 34.5 Å². The van der Waals surface area contributed by atoms with Crippen LogP contribution in [0, 0.1) is 6.92 Å². The van der Waals surface area contributed by atoms with Gasteiger partial charge in [0.15, 0.2) is 0 Å². The third kappa shape index (κ3) is 3.54. The summed E-state index contributed by atoms with van der Waals surface area (Å²) < 4.78 is 0. The van der Waals surface area contributed by atoms with Gasteiger partial charge in [0.05, 0.1) is 6.04 Å². The van der Waals surface area contributed by atoms with Gasteiger partial charge in [-0.2, -0.15) is 4.98 Å². The van der Waals surface area contributed by atoms with Crippen molar-refractivity contribution in [2.24, 2.45) is 0 Å². The number of likely N-dealkylation sites (tertiary alicyclic amines) is 1. The predicted molar refractivity (Wildman–Crippen MR) is 89.7 cm³/mol. The number of nitrogens with two attached hydrogens (primary N) is 1. The molecular weight excluding hydrogens is 274 g/mol. The molecule has 1 fully saturated rings. The van der Waals surface area contributed by atoms with Gasteiger partial charge in [-0.05, 0) is 38.4 Å². The van der Waals surface area contributed by atoms with Crippen LogP contribution < -0.4 is 11.1 Å². The number of aryl methyl sites for hydroxylation is 1. The third-order valence-corrected chi connectivity index (χ3v) is 4.14. The molecule has 0 amide bonds. The van der Waals surface area contributed by atoms with E-state index >= 15 is 0 Å². The summed E-state index contributed by atoms with van der Waals surface area (Å²) in [5, 5.41) is 3.56. The Morgan fingerprint density at radius 3 is 2.68 bits per heavy atom. The van der Waals surface area contributed by atoms with E-state index in [9.17, 15) is 0 Å². The Hall–Kier alpha value is -2.14. The van der Waals surface area contributed by atoms with Gasteiger partial charge in [-0.15, -0.1) is 0 Å². The minimum atomic E-state index is 0.201. The summed E-state index contributed by atoms with van der Waals surface area (Å²) >= 11 is 0. The normalized spacial score (nSPS) is 16.6. The Balaban J connectivity index is 1.82. The summed E-state index contributed by atoms with van der Waals surface area (Å²) in [6.07, 6.45) is 4.35. The van der Waals surface area contributed by atoms with Crippen LogP contribution in [-0.2, 0) is 0 Å². The number of hydrogen-bond acceptors (Lipinski definition) is 5. The van der Waals surface area contributed by atoms with Crippen LogP contribution in [0.4, 0.5) is 11.8 Å². The van der Waals surface area contributed by atoms with Gasteiger partial charge in [-0.3, -0.25) is 0 Å². The average Bonchev–Trinajstić information content (AvgIpc) is 3.04. The van der Waals surface area contributed by atoms with Crippen LogP contribution in [0.25, 0.3) is 0 Å². The van der Waals surface area contributed by atoms with Crippen molar-refractivity contribution < 1.29 is 0 Å². The van der Waals surface area contributed by atoms with E-state index in [1.807, 2.05) is 13.0 Å². The molecule has 0 spiro atoms. The number of nitrogens with one attached hydrogen (secondary N) is 1. The molecule has 2 aromatic rings. The number of aromatic nitrogens is 2. The first-order valence-corrected chi connectivity index (χ1v) is 7.85. The quantitative estimate of drug-likeness (QED) is 0.888. The second-order valence-corrected chi connectivity index (χ2v) is 5.88. The minimum absolute atomic E-state index is 0.201. The molecule has 1 saturated heterocycles. The first kappa shape index (κ1) is 14.8. The van der Waals surface area contributed by atoms with Gasteiger partial charge in [-0.25, -0.2) is 4.98 Å². The van der Waals surface area contributed by atoms with Gasteiger partial charge < -0.3 is 16.0 Å². The number of nitrogens with zero attached hydrogens (tertiary/aromatic N) is 3. The van der Waals surface area contributed by atoms with Gasteiger partial charge in [0, 0.05) is 18.3 Å². The highest BCUT2D eigenvalue weighted by molar-refractivity contribution is 5.47. The summed E-state index contributed by atoms with van der Waals surface area (Å²) in [6.45, 7) is 5.33. The van der Waals surface area contributed by atoms with Crippen molar-refractivity contribution in [3.8, 4) is 0 Å². The van der Waals surface area contributed by atoms with E-state index in [2.05, 4.69) is 44.5 Å². The lowest BCUT2D eigenvalue weighted by molar-refractivity contribution is 0.323. The maximum atomic E-state index is 5.73. The predicted octanol–water partition coefficient (Wildman–Crippen LogP) is 2.62. The fraction of sp³-hybridized carbons (Fsp3) is 0.412. The smallest absolute Gasteiger partial charge is 0.221 e. The molecule has 0 saturated carbocycles. The van der Waals surface area contributed by atoms with E-state index in [0.717, 1.165) is 17.9 Å². The molecular formula is C17H23N5. The molecule has 1 aromatic heterocycles. The van der Waals surface area contributed by atoms with E-state index in [1.54, 1.807) is 6.20 Å². The highest BCUT2D eigenvalue weighted by atomic mass is 15.2. The SMILES string of the molecule is Cc1cnc(N)nc1NC(CN1CCCC1)c1ccccc1. The van der Waals surface area contributed by atoms with Gasteiger partial charge in [-0.1, -0.05) is 30.3 Å². The molecule has 3 rings (SSSR count). The fourth-order valence-electron chi connectivity index (χ4n) is 2.91. The van der Waals surface area contributed by atoms with Gasteiger partial charge in [0.2, 0.25) is 5.95 Å². The molecule has 3 N–H and O–H groups in total. The summed E-state index contributed by atoms with van der Waals surface area (Å²) in [5.74, 6) is 1.13. The molecule has 1 unspecified atom stereocenters. The summed E-state index contributed by atoms with van der Waals surface area (Å²) in [7, 11) is 0. The topological polar surface area (TPSA) is 67.1 Å². The van der Waals surface area contributed by atoms with Crippen molar-refractivity contribution in [1.29, 1.82) is 0 Å². The minimum Gasteiger partial charge on any atom is -0.368 e. The van der Waals surface area contributed by atoms with Crippen LogP contribution in [0.2, 0.25) is 0 Å². The fourth-order valence-corrected chi connectivity index (χ4v) is 2.91. The lowest BCUT2D eigenvalue weighted by Crippen LogP contribution is -2.30. The van der Waals surface area contributed by atoms with Crippen molar-refractivity contribution in [2.75, 3.05) is 30.7 Å². The average molecular weight is 297 g/mol. The van der Waals surface area contributed by atoms with Gasteiger partial charge >= 0.3 is 0 Å². The van der Waals surface area contributed by atoms with E-state index in [1.165, 1.54) is 31.5 Å². The Morgan fingerprint density at radius 2 is 1.95 bits per heavy atom. The molecule has 0 aliphatic carbocycles. The van der Waals surface area contributed by atoms with Crippen molar-refractivity contribution in [2.45, 2.75) is 25.8 Å². The number of anilines is 2. The van der Waals surface area contributed by atoms with Crippen molar-refractivity contribution in [1.82, 2.24) is 14.9 Å². The van der Waals surface area contributed by atoms with Crippen molar-refractivity contribution in [3.63, 3.8) is 0 Å². The molecule has 0 bridgehead atoms. The van der Waals surface area contributed by atoms with Crippen LogP contribution in [0.5, 0.6) is 0 Å². The third-order valence-electron chi connectivity index (χ3n) is 4.14. The zero-order valence-corrected chi connectivity index (χ0v) is 13.0. The van der Waals surface area contributed by atoms with E-state index < -0.39 is 0 Å². The Kier molecular flexibility index (Phi) is 4.53. The van der Waals surface area contributed by atoms with E-state index in [0.29, 0.717) is 5.95 Å². The molecule has 0 radical (unpaired) electrons. The molecule has 1 atom stereocenters. The number of nitrogen functional groups attached to an aromatic ring is 1. The van der Waals surface area contributed by atoms with E-state index in [-0.39, 0.29) is 6.04 Å². The second-order valence-electron chi connectivity index (χ2n) is 5.88. The Labute approximate surface area is 131 Å². The molecule has 116 valence electrons. The first-order chi connectivity index (χ1) is 10.7. The molecule has 1 aliphatic heterocycles. The van der Waals surface area contributed by atoms with Gasteiger partial charge in [0.25, 0.3) is 0 Å². The lowest BCUT2D eigenvalue weighted by Gasteiger charge is -2.26. The highest BCUT2D eigenvalue weighted by Crippen LogP contribution is 2.23. The molecule has 2 heterocycles. The summed E-state index contributed by atoms with van der Waals surface area (Å²) in [6, 6.07) is 10.7. The second kappa shape index (κ2) is 6.75. The number of hydrogen-bond donors (Lipinski definition) is 2. The van der Waals surface area contributed by atoms with Crippen molar-refractivity contribution in [3.05, 3.63) is 47.7 Å². The summed E-state index contributed by atoms with van der Waals surface area (Å²) in [4.78, 5) is 10.9. The molecule has 1 aliphatic rings. The standard InChI is InChI=1S/C17H23N5/c1-13-11-19-17(18)21-16(13)20-15(12-22-9-5-6-10-22)14-7-3-2-4-8-14/h2-4,7-8,11,15H,5-6,9-10,12H2,1H3,(H3,18,19,20,21). The lowest BCUT2D eigenvalue weighted by atomic mass is 10.1. The zero-order valence-electron chi connectivity index (χ0n) is 13.0. The largest absolute Gasteiger partial charge is 0.368 e. The zero-order chi connectivity index (χ0) is 15.4. The van der Waals surface area contributed by atoms with Crippen LogP contribution >= 0.6 is 0 Å². The van der Waals surface area contributed by atoms with Crippen molar-refractivity contribution >= 4 is 11.8 Å². The van der Waals surface area contributed by atoms with Gasteiger partial charge in [0.1, 0.15) is 5.82 Å². The first-order valence-electron chi connectivity index (χ1n) is 7.85. The summed E-state index contributed by atoms with van der Waals surface area (Å²) in [5.41, 5.74) is 8.01. The van der Waals surface area contributed by atoms with E-state index in [4.69, 9.17) is 5.73 Å². The molecule has 22 heavy (non-hydrogen) atoms. The van der Waals surface area contributed by atoms with Crippen LogP contribution in [0.3, 0.4) is 0 Å². The molecule has 5 heteroatoms. The monoisotopic (exact) mass is 297 g/mol. The Bertz CT molecular complexity index is 608. The highest BCUT2D eigenvalue weighted by Gasteiger charge is 2.20. The van der Waals surface area contributed by atoms with Crippen LogP contribution in [0.15, 0.2) is 36.5 Å². The number of benzene rings is 1. The maximum Gasteiger partial charge on any atom is 0.221 e. The molecule has 5 nitrogen and oxygen atoms in total. The maximum absolute atomic E-state index is 5.73.